The van der Waals surface area contributed by atoms with Gasteiger partial charge in [-0.15, -0.1) is 11.3 Å². The van der Waals surface area contributed by atoms with Gasteiger partial charge >= 0.3 is 0 Å². The third-order valence-corrected chi connectivity index (χ3v) is 3.72. The summed E-state index contributed by atoms with van der Waals surface area (Å²) in [6.07, 6.45) is 1.78. The molecule has 0 radical (unpaired) electrons. The predicted octanol–water partition coefficient (Wildman–Crippen LogP) is 2.86. The number of nitrogens with zero attached hydrogens (tertiary/aromatic N) is 1. The highest BCUT2D eigenvalue weighted by molar-refractivity contribution is 7.09. The summed E-state index contributed by atoms with van der Waals surface area (Å²) < 4.78 is 10.9. The molecule has 92 valence electrons. The van der Waals surface area contributed by atoms with Gasteiger partial charge in [-0.2, -0.15) is 0 Å². The number of fused-ring (bicyclic) bond motifs is 1. The summed E-state index contributed by atoms with van der Waals surface area (Å²) in [5, 5.41) is 2.72. The summed E-state index contributed by atoms with van der Waals surface area (Å²) in [6.45, 7) is 0. The molecule has 0 spiro atoms. The highest BCUT2D eigenvalue weighted by atomic mass is 32.1. The topological polar surface area (TPSA) is 48.4 Å². The van der Waals surface area contributed by atoms with E-state index in [1.807, 2.05) is 5.38 Å². The minimum Gasteiger partial charge on any atom is -0.497 e. The number of ketones is 1. The van der Waals surface area contributed by atoms with E-state index >= 15 is 0 Å². The van der Waals surface area contributed by atoms with Crippen LogP contribution in [0.2, 0.25) is 0 Å². The Labute approximate surface area is 108 Å². The number of carbonyl (C=O) groups excluding carboxylic acids is 1. The SMILES string of the molecule is COc1ccc2c(c1)C(=O)CC(c1nccs1)O2. The molecule has 4 nitrogen and oxygen atoms in total. The number of rotatable bonds is 2. The molecule has 0 N–H and O–H groups in total. The number of aromatic nitrogens is 1. The Kier molecular flexibility index (Phi) is 2.76. The van der Waals surface area contributed by atoms with Crippen LogP contribution in [0.3, 0.4) is 0 Å². The Morgan fingerprint density at radius 2 is 2.39 bits per heavy atom. The molecule has 1 aromatic heterocycles. The Bertz CT molecular complexity index is 580. The van der Waals surface area contributed by atoms with Gasteiger partial charge in [-0.3, -0.25) is 4.79 Å². The molecule has 2 heterocycles. The molecule has 0 saturated heterocycles. The first kappa shape index (κ1) is 11.2. The van der Waals surface area contributed by atoms with E-state index < -0.39 is 0 Å². The molecule has 18 heavy (non-hydrogen) atoms. The molecule has 1 atom stereocenters. The average molecular weight is 261 g/mol. The van der Waals surface area contributed by atoms with E-state index in [2.05, 4.69) is 4.98 Å². The first-order valence-corrected chi connectivity index (χ1v) is 6.43. The van der Waals surface area contributed by atoms with E-state index in [-0.39, 0.29) is 11.9 Å². The Balaban J connectivity index is 1.96. The van der Waals surface area contributed by atoms with Gasteiger partial charge in [-0.05, 0) is 18.2 Å². The molecule has 1 aliphatic heterocycles. The summed E-state index contributed by atoms with van der Waals surface area (Å²) in [7, 11) is 1.58. The van der Waals surface area contributed by atoms with Crippen LogP contribution in [0.5, 0.6) is 11.5 Å². The van der Waals surface area contributed by atoms with Crippen molar-refractivity contribution in [1.82, 2.24) is 4.98 Å². The number of hydrogen-bond donors (Lipinski definition) is 0. The van der Waals surface area contributed by atoms with Crippen molar-refractivity contribution < 1.29 is 14.3 Å². The summed E-state index contributed by atoms with van der Waals surface area (Å²) in [5.41, 5.74) is 0.585. The second-order valence-electron chi connectivity index (χ2n) is 3.97. The number of methoxy groups -OCH3 is 1. The summed E-state index contributed by atoms with van der Waals surface area (Å²) in [6, 6.07) is 5.28. The summed E-state index contributed by atoms with van der Waals surface area (Å²) in [5.74, 6) is 1.33. The summed E-state index contributed by atoms with van der Waals surface area (Å²) in [4.78, 5) is 16.3. The fraction of sp³-hybridized carbons (Fsp3) is 0.231. The van der Waals surface area contributed by atoms with Gasteiger partial charge in [0.2, 0.25) is 0 Å². The average Bonchev–Trinajstić information content (AvgIpc) is 2.92. The van der Waals surface area contributed by atoms with Crippen molar-refractivity contribution >= 4 is 17.1 Å². The lowest BCUT2D eigenvalue weighted by Crippen LogP contribution is -2.20. The Morgan fingerprint density at radius 1 is 1.50 bits per heavy atom. The van der Waals surface area contributed by atoms with Crippen LogP contribution in [0.25, 0.3) is 0 Å². The maximum Gasteiger partial charge on any atom is 0.170 e. The fourth-order valence-electron chi connectivity index (χ4n) is 1.96. The smallest absolute Gasteiger partial charge is 0.170 e. The lowest BCUT2D eigenvalue weighted by molar-refractivity contribution is 0.0849. The van der Waals surface area contributed by atoms with Crippen LogP contribution in [-0.4, -0.2) is 17.9 Å². The number of Topliss-reactive ketones (excluding diaryl/α,β-unsaturated/α-hetero) is 1. The van der Waals surface area contributed by atoms with Crippen molar-refractivity contribution in [2.75, 3.05) is 7.11 Å². The lowest BCUT2D eigenvalue weighted by Gasteiger charge is -2.23. The molecule has 0 bridgehead atoms. The van der Waals surface area contributed by atoms with Crippen molar-refractivity contribution in [2.45, 2.75) is 12.5 Å². The van der Waals surface area contributed by atoms with Crippen molar-refractivity contribution in [3.05, 3.63) is 40.3 Å². The number of hydrogen-bond acceptors (Lipinski definition) is 5. The molecule has 1 aromatic carbocycles. The predicted molar refractivity (Wildman–Crippen MR) is 67.4 cm³/mol. The van der Waals surface area contributed by atoms with Crippen LogP contribution in [0.4, 0.5) is 0 Å². The normalized spacial score (nSPS) is 18.1. The van der Waals surface area contributed by atoms with Crippen LogP contribution in [-0.2, 0) is 0 Å². The van der Waals surface area contributed by atoms with Crippen LogP contribution >= 0.6 is 11.3 Å². The molecule has 1 unspecified atom stereocenters. The van der Waals surface area contributed by atoms with E-state index in [4.69, 9.17) is 9.47 Å². The highest BCUT2D eigenvalue weighted by Gasteiger charge is 2.29. The molecular weight excluding hydrogens is 250 g/mol. The standard InChI is InChI=1S/C13H11NO3S/c1-16-8-2-3-11-9(6-8)10(15)7-12(17-11)13-14-4-5-18-13/h2-6,12H,7H2,1H3. The van der Waals surface area contributed by atoms with E-state index in [1.165, 1.54) is 11.3 Å². The van der Waals surface area contributed by atoms with Gasteiger partial charge in [0, 0.05) is 11.6 Å². The fourth-order valence-corrected chi connectivity index (χ4v) is 2.63. The monoisotopic (exact) mass is 261 g/mol. The second-order valence-corrected chi connectivity index (χ2v) is 4.89. The summed E-state index contributed by atoms with van der Waals surface area (Å²) >= 11 is 1.50. The van der Waals surface area contributed by atoms with Gasteiger partial charge in [0.1, 0.15) is 16.5 Å². The quantitative estimate of drug-likeness (QED) is 0.834. The van der Waals surface area contributed by atoms with E-state index in [0.29, 0.717) is 23.5 Å². The van der Waals surface area contributed by atoms with E-state index in [0.717, 1.165) is 5.01 Å². The number of benzene rings is 1. The van der Waals surface area contributed by atoms with Gasteiger partial charge in [-0.25, -0.2) is 4.98 Å². The zero-order valence-electron chi connectivity index (χ0n) is 9.75. The van der Waals surface area contributed by atoms with Crippen molar-refractivity contribution in [2.24, 2.45) is 0 Å². The highest BCUT2D eigenvalue weighted by Crippen LogP contribution is 2.37. The Hall–Kier alpha value is -1.88. The van der Waals surface area contributed by atoms with Gasteiger partial charge in [-0.1, -0.05) is 0 Å². The number of ether oxygens (including phenoxy) is 2. The number of thiazole rings is 1. The Morgan fingerprint density at radius 3 is 3.11 bits per heavy atom. The number of carbonyl (C=O) groups is 1. The van der Waals surface area contributed by atoms with Crippen molar-refractivity contribution in [1.29, 1.82) is 0 Å². The first-order valence-electron chi connectivity index (χ1n) is 5.55. The molecule has 0 saturated carbocycles. The van der Waals surface area contributed by atoms with Crippen LogP contribution in [0.1, 0.15) is 27.9 Å². The molecule has 5 heteroatoms. The van der Waals surface area contributed by atoms with Crippen LogP contribution < -0.4 is 9.47 Å². The molecule has 0 amide bonds. The van der Waals surface area contributed by atoms with E-state index in [1.54, 1.807) is 31.5 Å². The zero-order valence-corrected chi connectivity index (χ0v) is 10.6. The van der Waals surface area contributed by atoms with Gasteiger partial charge in [0.05, 0.1) is 19.1 Å². The molecule has 0 aliphatic carbocycles. The minimum atomic E-state index is -0.265. The van der Waals surface area contributed by atoms with Gasteiger partial charge in [0.15, 0.2) is 11.9 Å². The van der Waals surface area contributed by atoms with E-state index in [9.17, 15) is 4.79 Å². The van der Waals surface area contributed by atoms with Gasteiger partial charge < -0.3 is 9.47 Å². The van der Waals surface area contributed by atoms with Crippen molar-refractivity contribution in [3.8, 4) is 11.5 Å². The molecule has 0 fully saturated rings. The third-order valence-electron chi connectivity index (χ3n) is 2.85. The minimum absolute atomic E-state index is 0.0651. The molecular formula is C13H11NO3S. The molecule has 3 rings (SSSR count). The van der Waals surface area contributed by atoms with Crippen LogP contribution in [0.15, 0.2) is 29.8 Å². The first-order chi connectivity index (χ1) is 8.78. The van der Waals surface area contributed by atoms with Gasteiger partial charge in [0.25, 0.3) is 0 Å². The largest absolute Gasteiger partial charge is 0.497 e. The molecule has 1 aliphatic rings. The zero-order chi connectivity index (χ0) is 12.5. The second kappa shape index (κ2) is 4.42. The van der Waals surface area contributed by atoms with Crippen LogP contribution in [0, 0.1) is 0 Å². The van der Waals surface area contributed by atoms with Crippen molar-refractivity contribution in [3.63, 3.8) is 0 Å². The lowest BCUT2D eigenvalue weighted by atomic mass is 10.0. The maximum atomic E-state index is 12.1. The third kappa shape index (κ3) is 1.86. The maximum absolute atomic E-state index is 12.1. The molecule has 2 aromatic rings.